The van der Waals surface area contributed by atoms with Crippen molar-refractivity contribution in [2.24, 2.45) is 0 Å². The summed E-state index contributed by atoms with van der Waals surface area (Å²) in [7, 11) is 2.35. The van der Waals surface area contributed by atoms with Gasteiger partial charge in [0, 0.05) is 22.5 Å². The summed E-state index contributed by atoms with van der Waals surface area (Å²) in [6.07, 6.45) is -0.532. The van der Waals surface area contributed by atoms with E-state index in [2.05, 4.69) is 14.2 Å². The van der Waals surface area contributed by atoms with Gasteiger partial charge in [0.05, 0.1) is 9.47 Å². The highest BCUT2D eigenvalue weighted by molar-refractivity contribution is 7.10. The van der Waals surface area contributed by atoms with Gasteiger partial charge in [-0.25, -0.2) is 0 Å². The second kappa shape index (κ2) is 8.75. The van der Waals surface area contributed by atoms with Gasteiger partial charge in [0.2, 0.25) is 0 Å². The minimum Gasteiger partial charge on any atom is -0.479 e. The van der Waals surface area contributed by atoms with Crippen molar-refractivity contribution in [3.63, 3.8) is 0 Å². The molecule has 1 aliphatic rings. The number of pyridine rings is 1. The Kier molecular flexibility index (Phi) is 6.05. The van der Waals surface area contributed by atoms with Gasteiger partial charge in [-0.1, -0.05) is 12.1 Å². The summed E-state index contributed by atoms with van der Waals surface area (Å²) >= 11 is 0. The Morgan fingerprint density at radius 3 is 2.06 bits per heavy atom. The van der Waals surface area contributed by atoms with Gasteiger partial charge >= 0.3 is 6.36 Å². The molecule has 0 saturated carbocycles. The normalized spacial score (nSPS) is 13.5. The maximum absolute atomic E-state index is 12.3. The van der Waals surface area contributed by atoms with E-state index < -0.39 is 6.36 Å². The van der Waals surface area contributed by atoms with Crippen molar-refractivity contribution in [2.45, 2.75) is 39.0 Å². The molecule has 1 heterocycles. The van der Waals surface area contributed by atoms with Crippen LogP contribution in [0.4, 0.5) is 13.2 Å². The van der Waals surface area contributed by atoms with Crippen LogP contribution in [0.5, 0.6) is 23.0 Å². The molecule has 1 atom stereocenters. The van der Waals surface area contributed by atoms with E-state index >= 15 is 0 Å². The highest BCUT2D eigenvalue weighted by Crippen LogP contribution is 2.41. The molecule has 31 heavy (non-hydrogen) atoms. The molecule has 1 aliphatic carbocycles. The summed E-state index contributed by atoms with van der Waals surface area (Å²) < 4.78 is 52.1. The highest BCUT2D eigenvalue weighted by Gasteiger charge is 2.31. The molecule has 0 fully saturated rings. The number of aryl methyl sites for hydroxylation is 2. The number of hydrogen-bond acceptors (Lipinski definition) is 4. The van der Waals surface area contributed by atoms with Crippen LogP contribution in [-0.4, -0.2) is 11.3 Å². The lowest BCUT2D eigenvalue weighted by Crippen LogP contribution is -2.16. The number of rotatable bonds is 5. The molecular weight excluding hydrogens is 426 g/mol. The first-order valence-electron chi connectivity index (χ1n) is 9.87. The molecule has 3 aromatic rings. The van der Waals surface area contributed by atoms with Crippen molar-refractivity contribution in [1.29, 1.82) is 0 Å². The second-order valence-corrected chi connectivity index (χ2v) is 7.53. The summed E-state index contributed by atoms with van der Waals surface area (Å²) in [5.74, 6) is 1.52. The Balaban J connectivity index is 1.55. The number of benzene rings is 2. The van der Waals surface area contributed by atoms with E-state index in [0.29, 0.717) is 11.5 Å². The fraction of sp³-hybridized carbons (Fsp3) is 0.261. The van der Waals surface area contributed by atoms with Crippen LogP contribution in [-0.2, 0) is 12.8 Å². The third-order valence-corrected chi connectivity index (χ3v) is 5.39. The monoisotopic (exact) mass is 447 g/mol. The van der Waals surface area contributed by atoms with E-state index in [1.165, 1.54) is 29.8 Å². The summed E-state index contributed by atoms with van der Waals surface area (Å²) in [5.41, 5.74) is 5.10. The molecule has 0 radical (unpaired) electrons. The first kappa shape index (κ1) is 21.4. The Hall–Kier alpha value is -2.79. The maximum atomic E-state index is 12.3. The van der Waals surface area contributed by atoms with Crippen LogP contribution in [0.25, 0.3) is 11.1 Å². The number of nitrogens with zero attached hydrogens (tertiary/aromatic N) is 1. The predicted molar refractivity (Wildman–Crippen MR) is 115 cm³/mol. The number of aromatic nitrogens is 1. The summed E-state index contributed by atoms with van der Waals surface area (Å²) in [5, 5.41) is 0. The van der Waals surface area contributed by atoms with Crippen molar-refractivity contribution in [2.75, 3.05) is 0 Å². The Morgan fingerprint density at radius 1 is 0.871 bits per heavy atom. The number of alkyl halides is 3. The molecule has 0 saturated heterocycles. The zero-order valence-electron chi connectivity index (χ0n) is 16.8. The van der Waals surface area contributed by atoms with Gasteiger partial charge in [0.15, 0.2) is 0 Å². The topological polar surface area (TPSA) is 40.6 Å². The zero-order chi connectivity index (χ0) is 22.0. The first-order chi connectivity index (χ1) is 14.8. The third-order valence-electron chi connectivity index (χ3n) is 5.16. The van der Waals surface area contributed by atoms with Gasteiger partial charge in [-0.2, -0.15) is 0 Å². The van der Waals surface area contributed by atoms with E-state index in [9.17, 15) is 13.2 Å². The van der Waals surface area contributed by atoms with Crippen LogP contribution in [0.1, 0.15) is 29.8 Å². The SMILES string of the molecule is Cc1nc2c(c(OP)c1-c1ccc(Oc3ccc(OC(F)(F)F)cc3)cc1)CCCC2. The molecule has 0 N–H and O–H groups in total. The number of fused-ring (bicyclic) bond motifs is 1. The standard InChI is InChI=1S/C23H21F3NO3P/c1-14-21(22(30-31)19-4-2-3-5-20(19)27-14)15-6-8-16(9-7-15)28-17-10-12-18(13-11-17)29-23(24,25)26/h6-13H,2-5,31H2,1H3. The first-order valence-corrected chi connectivity index (χ1v) is 10.3. The van der Waals surface area contributed by atoms with Gasteiger partial charge in [-0.15, -0.1) is 13.2 Å². The Morgan fingerprint density at radius 2 is 1.45 bits per heavy atom. The van der Waals surface area contributed by atoms with Crippen LogP contribution in [0.15, 0.2) is 48.5 Å². The van der Waals surface area contributed by atoms with Crippen LogP contribution in [0.3, 0.4) is 0 Å². The number of halogens is 3. The van der Waals surface area contributed by atoms with Crippen molar-refractivity contribution in [1.82, 2.24) is 4.98 Å². The molecule has 0 amide bonds. The average molecular weight is 447 g/mol. The lowest BCUT2D eigenvalue weighted by molar-refractivity contribution is -0.274. The fourth-order valence-electron chi connectivity index (χ4n) is 3.84. The Labute approximate surface area is 180 Å². The van der Waals surface area contributed by atoms with E-state index in [1.54, 1.807) is 12.1 Å². The van der Waals surface area contributed by atoms with Crippen molar-refractivity contribution < 1.29 is 27.2 Å². The van der Waals surface area contributed by atoms with Gasteiger partial charge in [0.1, 0.15) is 23.0 Å². The number of hydrogen-bond donors (Lipinski definition) is 0. The predicted octanol–water partition coefficient (Wildman–Crippen LogP) is 6.80. The summed E-state index contributed by atoms with van der Waals surface area (Å²) in [4.78, 5) is 4.81. The maximum Gasteiger partial charge on any atom is 0.573 e. The van der Waals surface area contributed by atoms with Crippen LogP contribution in [0, 0.1) is 6.92 Å². The molecule has 1 unspecified atom stereocenters. The van der Waals surface area contributed by atoms with E-state index in [4.69, 9.17) is 14.2 Å². The average Bonchev–Trinajstić information content (AvgIpc) is 2.74. The quantitative estimate of drug-likeness (QED) is 0.404. The van der Waals surface area contributed by atoms with E-state index in [-0.39, 0.29) is 5.75 Å². The Bertz CT molecular complexity index is 1070. The minimum atomic E-state index is -4.72. The molecule has 4 nitrogen and oxygen atoms in total. The molecule has 0 bridgehead atoms. The molecule has 2 aromatic carbocycles. The lowest BCUT2D eigenvalue weighted by Gasteiger charge is -2.22. The third kappa shape index (κ3) is 4.93. The summed E-state index contributed by atoms with van der Waals surface area (Å²) in [6.45, 7) is 1.98. The van der Waals surface area contributed by atoms with Crippen molar-refractivity contribution >= 4 is 9.47 Å². The van der Waals surface area contributed by atoms with Crippen LogP contribution in [0.2, 0.25) is 0 Å². The molecule has 0 spiro atoms. The molecule has 0 aliphatic heterocycles. The smallest absolute Gasteiger partial charge is 0.479 e. The van der Waals surface area contributed by atoms with Crippen LogP contribution >= 0.6 is 9.47 Å². The largest absolute Gasteiger partial charge is 0.573 e. The molecular formula is C23H21F3NO3P. The van der Waals surface area contributed by atoms with Gasteiger partial charge in [-0.3, -0.25) is 4.98 Å². The molecule has 1 aromatic heterocycles. The van der Waals surface area contributed by atoms with Gasteiger partial charge in [0.25, 0.3) is 0 Å². The summed E-state index contributed by atoms with van der Waals surface area (Å²) in [6, 6.07) is 12.7. The van der Waals surface area contributed by atoms with Gasteiger partial charge in [-0.05, 0) is 74.6 Å². The van der Waals surface area contributed by atoms with E-state index in [0.717, 1.165) is 53.9 Å². The minimum absolute atomic E-state index is 0.296. The van der Waals surface area contributed by atoms with Gasteiger partial charge < -0.3 is 14.0 Å². The molecule has 162 valence electrons. The molecule has 4 rings (SSSR count). The van der Waals surface area contributed by atoms with Crippen molar-refractivity contribution in [3.8, 4) is 34.1 Å². The van der Waals surface area contributed by atoms with E-state index in [1.807, 2.05) is 19.1 Å². The molecule has 8 heteroatoms. The van der Waals surface area contributed by atoms with Crippen molar-refractivity contribution in [3.05, 3.63) is 65.5 Å². The second-order valence-electron chi connectivity index (χ2n) is 7.30. The van der Waals surface area contributed by atoms with Crippen LogP contribution < -0.4 is 14.0 Å². The highest BCUT2D eigenvalue weighted by atomic mass is 31.0. The lowest BCUT2D eigenvalue weighted by atomic mass is 9.91. The zero-order valence-corrected chi connectivity index (χ0v) is 18.0. The fourth-order valence-corrected chi connectivity index (χ4v) is 4.10. The number of ether oxygens (including phenoxy) is 2.